The predicted octanol–water partition coefficient (Wildman–Crippen LogP) is 6.07. The van der Waals surface area contributed by atoms with Crippen LogP contribution >= 0.6 is 23.2 Å². The molecule has 150 valence electrons. The lowest BCUT2D eigenvalue weighted by Crippen LogP contribution is -2.20. The summed E-state index contributed by atoms with van der Waals surface area (Å²) in [5.74, 6) is -0.146. The molecule has 3 aromatic carbocycles. The summed E-state index contributed by atoms with van der Waals surface area (Å²) < 4.78 is 18.7. The number of anilines is 2. The third kappa shape index (κ3) is 6.11. The van der Waals surface area contributed by atoms with E-state index in [1.54, 1.807) is 30.3 Å². The average molecular weight is 433 g/mol. The number of hydrogen-bond donors (Lipinski definition) is 2. The normalized spacial score (nSPS) is 10.5. The van der Waals surface area contributed by atoms with Crippen molar-refractivity contribution in [1.82, 2.24) is 0 Å². The Morgan fingerprint density at radius 2 is 1.66 bits per heavy atom. The fourth-order valence-electron chi connectivity index (χ4n) is 2.53. The lowest BCUT2D eigenvalue weighted by molar-refractivity contribution is -0.118. The molecule has 4 nitrogen and oxygen atoms in total. The Labute approximate surface area is 178 Å². The van der Waals surface area contributed by atoms with Gasteiger partial charge >= 0.3 is 0 Å². The van der Waals surface area contributed by atoms with Crippen LogP contribution in [0.2, 0.25) is 10.0 Å². The van der Waals surface area contributed by atoms with Crippen molar-refractivity contribution in [1.29, 1.82) is 0 Å². The van der Waals surface area contributed by atoms with Crippen LogP contribution in [0, 0.1) is 12.7 Å². The van der Waals surface area contributed by atoms with Crippen LogP contribution < -0.4 is 15.4 Å². The number of amides is 1. The van der Waals surface area contributed by atoms with Gasteiger partial charge in [0.25, 0.3) is 5.91 Å². The second-order valence-electron chi connectivity index (χ2n) is 6.43. The van der Waals surface area contributed by atoms with E-state index < -0.39 is 5.82 Å². The number of carbonyl (C=O) groups is 1. The van der Waals surface area contributed by atoms with Crippen molar-refractivity contribution in [3.63, 3.8) is 0 Å². The molecule has 2 N–H and O–H groups in total. The van der Waals surface area contributed by atoms with Crippen LogP contribution in [0.4, 0.5) is 15.8 Å². The van der Waals surface area contributed by atoms with E-state index in [0.29, 0.717) is 23.0 Å². The van der Waals surface area contributed by atoms with E-state index in [9.17, 15) is 9.18 Å². The zero-order valence-electron chi connectivity index (χ0n) is 15.6. The molecule has 0 radical (unpaired) electrons. The summed E-state index contributed by atoms with van der Waals surface area (Å²) in [6, 6.07) is 17.1. The monoisotopic (exact) mass is 432 g/mol. The first kappa shape index (κ1) is 21.0. The molecule has 0 saturated heterocycles. The van der Waals surface area contributed by atoms with Gasteiger partial charge in [0.15, 0.2) is 6.61 Å². The molecule has 0 aliphatic heterocycles. The number of nitrogens with one attached hydrogen (secondary N) is 2. The van der Waals surface area contributed by atoms with Gasteiger partial charge in [-0.05, 0) is 60.5 Å². The fourth-order valence-corrected chi connectivity index (χ4v) is 2.89. The summed E-state index contributed by atoms with van der Waals surface area (Å²) >= 11 is 11.8. The lowest BCUT2D eigenvalue weighted by atomic mass is 10.2. The van der Waals surface area contributed by atoms with E-state index in [1.807, 2.05) is 25.1 Å². The molecule has 7 heteroatoms. The number of ether oxygens (including phenoxy) is 1. The highest BCUT2D eigenvalue weighted by Gasteiger charge is 2.06. The number of aryl methyl sites for hydroxylation is 1. The lowest BCUT2D eigenvalue weighted by Gasteiger charge is -2.10. The van der Waals surface area contributed by atoms with Crippen LogP contribution in [0.25, 0.3) is 0 Å². The predicted molar refractivity (Wildman–Crippen MR) is 115 cm³/mol. The first-order valence-corrected chi connectivity index (χ1v) is 9.63. The third-order valence-electron chi connectivity index (χ3n) is 4.17. The van der Waals surface area contributed by atoms with Crippen molar-refractivity contribution in [3.8, 4) is 5.75 Å². The van der Waals surface area contributed by atoms with Gasteiger partial charge in [-0.3, -0.25) is 4.79 Å². The summed E-state index contributed by atoms with van der Waals surface area (Å²) in [4.78, 5) is 12.0. The Morgan fingerprint density at radius 3 is 2.34 bits per heavy atom. The number of benzene rings is 3. The molecule has 0 saturated carbocycles. The fraction of sp³-hybridized carbons (Fsp3) is 0.136. The third-order valence-corrected chi connectivity index (χ3v) is 4.86. The van der Waals surface area contributed by atoms with E-state index in [2.05, 4.69) is 10.6 Å². The highest BCUT2D eigenvalue weighted by Crippen LogP contribution is 2.21. The van der Waals surface area contributed by atoms with Gasteiger partial charge in [0.2, 0.25) is 0 Å². The molecule has 29 heavy (non-hydrogen) atoms. The molecule has 3 rings (SSSR count). The summed E-state index contributed by atoms with van der Waals surface area (Å²) in [7, 11) is 0. The molecule has 0 aliphatic rings. The Hall–Kier alpha value is -2.76. The highest BCUT2D eigenvalue weighted by atomic mass is 35.5. The molecule has 0 fully saturated rings. The van der Waals surface area contributed by atoms with Gasteiger partial charge in [-0.1, -0.05) is 41.4 Å². The zero-order valence-corrected chi connectivity index (χ0v) is 17.1. The van der Waals surface area contributed by atoms with Crippen molar-refractivity contribution >= 4 is 40.5 Å². The summed E-state index contributed by atoms with van der Waals surface area (Å²) in [6.07, 6.45) is 0. The molecule has 0 heterocycles. The van der Waals surface area contributed by atoms with Gasteiger partial charge in [0.05, 0.1) is 5.02 Å². The van der Waals surface area contributed by atoms with E-state index in [4.69, 9.17) is 27.9 Å². The van der Waals surface area contributed by atoms with Crippen LogP contribution in [0.1, 0.15) is 11.1 Å². The number of hydrogen-bond acceptors (Lipinski definition) is 3. The van der Waals surface area contributed by atoms with Crippen molar-refractivity contribution < 1.29 is 13.9 Å². The van der Waals surface area contributed by atoms with Gasteiger partial charge < -0.3 is 15.4 Å². The van der Waals surface area contributed by atoms with E-state index in [-0.39, 0.29) is 17.5 Å². The van der Waals surface area contributed by atoms with Crippen molar-refractivity contribution in [2.24, 2.45) is 0 Å². The first-order chi connectivity index (χ1) is 13.9. The van der Waals surface area contributed by atoms with Gasteiger partial charge in [0.1, 0.15) is 11.6 Å². The Balaban J connectivity index is 1.47. The molecule has 0 unspecified atom stereocenters. The molecule has 1 amide bonds. The molecule has 0 aromatic heterocycles. The minimum absolute atomic E-state index is 0.0740. The molecule has 0 spiro atoms. The van der Waals surface area contributed by atoms with E-state index in [0.717, 1.165) is 16.8 Å². The summed E-state index contributed by atoms with van der Waals surface area (Å²) in [5.41, 5.74) is 3.29. The maximum absolute atomic E-state index is 13.2. The van der Waals surface area contributed by atoms with Gasteiger partial charge in [0, 0.05) is 22.9 Å². The van der Waals surface area contributed by atoms with Crippen LogP contribution in [0.5, 0.6) is 5.75 Å². The number of carbonyl (C=O) groups excluding carboxylic acids is 1. The second kappa shape index (κ2) is 9.63. The average Bonchev–Trinajstić information content (AvgIpc) is 2.71. The van der Waals surface area contributed by atoms with E-state index in [1.165, 1.54) is 12.1 Å². The van der Waals surface area contributed by atoms with Crippen LogP contribution in [-0.4, -0.2) is 12.5 Å². The molecular formula is C22H19Cl2FN2O2. The summed E-state index contributed by atoms with van der Waals surface area (Å²) in [5, 5.41) is 6.58. The SMILES string of the molecule is Cc1ccc(NC(=O)COc2ccc(CNc3ccc(F)c(Cl)c3)cc2)cc1Cl. The van der Waals surface area contributed by atoms with Gasteiger partial charge in [-0.15, -0.1) is 0 Å². The molecular weight excluding hydrogens is 414 g/mol. The van der Waals surface area contributed by atoms with Gasteiger partial charge in [-0.2, -0.15) is 0 Å². The molecule has 0 bridgehead atoms. The molecule has 0 aliphatic carbocycles. The maximum atomic E-state index is 13.2. The first-order valence-electron chi connectivity index (χ1n) is 8.87. The number of rotatable bonds is 7. The van der Waals surface area contributed by atoms with Crippen molar-refractivity contribution in [2.75, 3.05) is 17.2 Å². The molecule has 0 atom stereocenters. The minimum atomic E-state index is -0.451. The van der Waals surface area contributed by atoms with Crippen LogP contribution in [0.3, 0.4) is 0 Å². The zero-order chi connectivity index (χ0) is 20.8. The largest absolute Gasteiger partial charge is 0.484 e. The quantitative estimate of drug-likeness (QED) is 0.476. The summed E-state index contributed by atoms with van der Waals surface area (Å²) in [6.45, 7) is 2.32. The van der Waals surface area contributed by atoms with Crippen molar-refractivity contribution in [3.05, 3.63) is 87.7 Å². The smallest absolute Gasteiger partial charge is 0.262 e. The van der Waals surface area contributed by atoms with Crippen molar-refractivity contribution in [2.45, 2.75) is 13.5 Å². The standard InChI is InChI=1S/C22H19Cl2FN2O2/c1-14-2-5-17(11-19(14)23)27-22(28)13-29-18-7-3-15(4-8-18)12-26-16-6-9-21(25)20(24)10-16/h2-11,26H,12-13H2,1H3,(H,27,28). The Kier molecular flexibility index (Phi) is 6.96. The minimum Gasteiger partial charge on any atom is -0.484 e. The van der Waals surface area contributed by atoms with Gasteiger partial charge in [-0.25, -0.2) is 4.39 Å². The Morgan fingerprint density at radius 1 is 0.966 bits per heavy atom. The van der Waals surface area contributed by atoms with Crippen LogP contribution in [-0.2, 0) is 11.3 Å². The topological polar surface area (TPSA) is 50.4 Å². The molecule has 3 aromatic rings. The number of halogens is 3. The van der Waals surface area contributed by atoms with E-state index >= 15 is 0 Å². The van der Waals surface area contributed by atoms with Crippen LogP contribution in [0.15, 0.2) is 60.7 Å². The maximum Gasteiger partial charge on any atom is 0.262 e. The Bertz CT molecular complexity index is 1010. The second-order valence-corrected chi connectivity index (χ2v) is 7.24. The highest BCUT2D eigenvalue weighted by molar-refractivity contribution is 6.31.